The molecule has 0 unspecified atom stereocenters. The normalized spacial score (nSPS) is 10.7. The van der Waals surface area contributed by atoms with Crippen LogP contribution in [0.15, 0.2) is 10.5 Å². The van der Waals surface area contributed by atoms with Gasteiger partial charge in [0, 0.05) is 9.80 Å². The minimum Gasteiger partial charge on any atom is -0.462 e. The Morgan fingerprint density at radius 1 is 1.59 bits per heavy atom. The number of halogens is 4. The molecule has 1 aromatic heterocycles. The van der Waals surface area contributed by atoms with Crippen molar-refractivity contribution in [1.29, 1.82) is 0 Å². The summed E-state index contributed by atoms with van der Waals surface area (Å²) < 4.78 is 30.1. The van der Waals surface area contributed by atoms with Gasteiger partial charge in [-0.15, -0.1) is 0 Å². The van der Waals surface area contributed by atoms with Crippen LogP contribution in [0.3, 0.4) is 0 Å². The average molecular weight is 373 g/mol. The number of carbonyl (C=O) groups excluding carboxylic acids is 1. The van der Waals surface area contributed by atoms with E-state index in [4.69, 9.17) is 4.74 Å². The van der Waals surface area contributed by atoms with Gasteiger partial charge in [-0.2, -0.15) is 0 Å². The molecule has 0 N–H and O–H groups in total. The predicted octanol–water partition coefficient (Wildman–Crippen LogP) is 3.85. The Kier molecular flexibility index (Phi) is 5.45. The lowest BCUT2D eigenvalue weighted by Crippen LogP contribution is -2.11. The molecule has 0 atom stereocenters. The van der Waals surface area contributed by atoms with E-state index in [9.17, 15) is 13.6 Å². The monoisotopic (exact) mass is 371 g/mol. The van der Waals surface area contributed by atoms with Crippen molar-refractivity contribution in [2.75, 3.05) is 6.61 Å². The number of rotatable bonds is 4. The third-order valence-corrected chi connectivity index (χ3v) is 3.08. The number of alkyl halides is 3. The number of hydrogen-bond acceptors (Lipinski definition) is 3. The largest absolute Gasteiger partial charge is 0.462 e. The molecule has 0 saturated carbocycles. The number of esters is 1. The molecular formula is C10H9Br2F2NO2. The summed E-state index contributed by atoms with van der Waals surface area (Å²) in [5, 5.41) is 0.203. The summed E-state index contributed by atoms with van der Waals surface area (Å²) in [5.41, 5.74) is 0.0365. The summed E-state index contributed by atoms with van der Waals surface area (Å²) in [7, 11) is 0. The topological polar surface area (TPSA) is 39.2 Å². The second-order valence-corrected chi connectivity index (χ2v) is 4.42. The quantitative estimate of drug-likeness (QED) is 0.595. The zero-order valence-corrected chi connectivity index (χ0v) is 12.0. The summed E-state index contributed by atoms with van der Waals surface area (Å²) in [6.07, 6.45) is -2.70. The fourth-order valence-corrected chi connectivity index (χ4v) is 2.10. The first-order chi connectivity index (χ1) is 8.01. The summed E-state index contributed by atoms with van der Waals surface area (Å²) in [6.45, 7) is 1.89. The first-order valence-electron chi connectivity index (χ1n) is 4.71. The summed E-state index contributed by atoms with van der Waals surface area (Å²) in [4.78, 5) is 15.3. The van der Waals surface area contributed by atoms with E-state index < -0.39 is 12.4 Å². The van der Waals surface area contributed by atoms with Crippen molar-refractivity contribution >= 4 is 37.8 Å². The van der Waals surface area contributed by atoms with E-state index in [2.05, 4.69) is 36.8 Å². The van der Waals surface area contributed by atoms with E-state index in [0.29, 0.717) is 0 Å². The van der Waals surface area contributed by atoms with Gasteiger partial charge in [-0.25, -0.2) is 18.6 Å². The van der Waals surface area contributed by atoms with Gasteiger partial charge in [0.1, 0.15) is 5.69 Å². The van der Waals surface area contributed by atoms with Gasteiger partial charge in [-0.05, 0) is 28.9 Å². The number of ether oxygens (including phenoxy) is 1. The Morgan fingerprint density at radius 2 is 2.24 bits per heavy atom. The Labute approximate surface area is 114 Å². The number of aromatic nitrogens is 1. The summed E-state index contributed by atoms with van der Waals surface area (Å²) in [6, 6.07) is 1.31. The lowest BCUT2D eigenvalue weighted by atomic mass is 10.2. The molecule has 1 aromatic rings. The van der Waals surface area contributed by atoms with Crippen molar-refractivity contribution in [2.45, 2.75) is 18.7 Å². The zero-order valence-electron chi connectivity index (χ0n) is 8.84. The maximum atomic E-state index is 12.6. The zero-order chi connectivity index (χ0) is 13.0. The number of nitrogens with zero attached hydrogens (tertiary/aromatic N) is 1. The van der Waals surface area contributed by atoms with E-state index in [-0.39, 0.29) is 33.4 Å². The molecule has 0 aromatic carbocycles. The van der Waals surface area contributed by atoms with E-state index in [1.165, 1.54) is 6.07 Å². The van der Waals surface area contributed by atoms with Gasteiger partial charge in [0.15, 0.2) is 0 Å². The molecule has 0 aliphatic heterocycles. The third-order valence-electron chi connectivity index (χ3n) is 1.91. The highest BCUT2D eigenvalue weighted by molar-refractivity contribution is 9.10. The number of hydrogen-bond donors (Lipinski definition) is 0. The molecule has 0 aliphatic carbocycles. The van der Waals surface area contributed by atoms with Crippen molar-refractivity contribution in [3.8, 4) is 0 Å². The Bertz CT molecular complexity index is 427. The van der Waals surface area contributed by atoms with Crippen molar-refractivity contribution in [3.05, 3.63) is 27.5 Å². The van der Waals surface area contributed by atoms with Gasteiger partial charge in [0.05, 0.1) is 17.9 Å². The third kappa shape index (κ3) is 3.45. The van der Waals surface area contributed by atoms with Crippen LogP contribution in [0.25, 0.3) is 0 Å². The highest BCUT2D eigenvalue weighted by Gasteiger charge is 2.20. The predicted molar refractivity (Wildman–Crippen MR) is 65.5 cm³/mol. The lowest BCUT2D eigenvalue weighted by Gasteiger charge is -2.10. The van der Waals surface area contributed by atoms with Crippen molar-refractivity contribution in [2.24, 2.45) is 0 Å². The van der Waals surface area contributed by atoms with E-state index in [0.717, 1.165) is 0 Å². The molecule has 94 valence electrons. The van der Waals surface area contributed by atoms with Gasteiger partial charge in [0.25, 0.3) is 6.43 Å². The highest BCUT2D eigenvalue weighted by Crippen LogP contribution is 2.28. The number of carbonyl (C=O) groups is 1. The van der Waals surface area contributed by atoms with E-state index >= 15 is 0 Å². The SMILES string of the molecule is CCOC(=O)c1cc(Br)c(C(F)F)nc1CBr. The van der Waals surface area contributed by atoms with Crippen LogP contribution < -0.4 is 0 Å². The fraction of sp³-hybridized carbons (Fsp3) is 0.400. The van der Waals surface area contributed by atoms with Crippen molar-refractivity contribution < 1.29 is 18.3 Å². The van der Waals surface area contributed by atoms with Crippen LogP contribution in [0.1, 0.15) is 35.1 Å². The Morgan fingerprint density at radius 3 is 2.71 bits per heavy atom. The molecule has 3 nitrogen and oxygen atoms in total. The molecule has 0 amide bonds. The molecule has 0 saturated heterocycles. The lowest BCUT2D eigenvalue weighted by molar-refractivity contribution is 0.0524. The molecule has 1 heterocycles. The van der Waals surface area contributed by atoms with Crippen LogP contribution in [-0.2, 0) is 10.1 Å². The molecule has 0 spiro atoms. The molecule has 17 heavy (non-hydrogen) atoms. The van der Waals surface area contributed by atoms with Gasteiger partial charge < -0.3 is 4.74 Å². The van der Waals surface area contributed by atoms with Gasteiger partial charge in [-0.1, -0.05) is 15.9 Å². The van der Waals surface area contributed by atoms with Crippen LogP contribution in [0, 0.1) is 0 Å². The average Bonchev–Trinajstić information content (AvgIpc) is 2.28. The summed E-state index contributed by atoms with van der Waals surface area (Å²) >= 11 is 6.07. The molecular weight excluding hydrogens is 364 g/mol. The molecule has 0 bridgehead atoms. The van der Waals surface area contributed by atoms with Gasteiger partial charge in [-0.3, -0.25) is 0 Å². The minimum atomic E-state index is -2.70. The fourth-order valence-electron chi connectivity index (χ4n) is 1.18. The Balaban J connectivity index is 3.23. The van der Waals surface area contributed by atoms with E-state index in [1.807, 2.05) is 0 Å². The van der Waals surface area contributed by atoms with Crippen LogP contribution in [-0.4, -0.2) is 17.6 Å². The second kappa shape index (κ2) is 6.39. The number of pyridine rings is 1. The maximum Gasteiger partial charge on any atom is 0.340 e. The Hall–Kier alpha value is -0.560. The molecule has 0 aliphatic rings. The second-order valence-electron chi connectivity index (χ2n) is 3.00. The van der Waals surface area contributed by atoms with Crippen LogP contribution in [0.5, 0.6) is 0 Å². The maximum absolute atomic E-state index is 12.6. The van der Waals surface area contributed by atoms with Crippen LogP contribution in [0.2, 0.25) is 0 Å². The first-order valence-corrected chi connectivity index (χ1v) is 6.63. The minimum absolute atomic E-state index is 0.0975. The summed E-state index contributed by atoms with van der Waals surface area (Å²) in [5.74, 6) is -0.573. The van der Waals surface area contributed by atoms with Gasteiger partial charge in [0.2, 0.25) is 0 Å². The van der Waals surface area contributed by atoms with Crippen LogP contribution in [0.4, 0.5) is 8.78 Å². The van der Waals surface area contributed by atoms with Gasteiger partial charge >= 0.3 is 5.97 Å². The standard InChI is InChI=1S/C10H9Br2F2NO2/c1-2-17-10(16)5-3-6(12)8(9(13)14)15-7(5)4-11/h3,9H,2,4H2,1H3. The van der Waals surface area contributed by atoms with Crippen LogP contribution >= 0.6 is 31.9 Å². The molecule has 1 rings (SSSR count). The first kappa shape index (κ1) is 14.5. The smallest absolute Gasteiger partial charge is 0.340 e. The van der Waals surface area contributed by atoms with Crippen molar-refractivity contribution in [1.82, 2.24) is 4.98 Å². The molecule has 0 radical (unpaired) electrons. The van der Waals surface area contributed by atoms with Crippen molar-refractivity contribution in [3.63, 3.8) is 0 Å². The molecule has 0 fully saturated rings. The molecule has 7 heteroatoms. The van der Waals surface area contributed by atoms with E-state index in [1.54, 1.807) is 6.92 Å². The highest BCUT2D eigenvalue weighted by atomic mass is 79.9.